The molecule has 0 bridgehead atoms. The Hall–Kier alpha value is -1.37. The Balaban J connectivity index is 0.00000342. The van der Waals surface area contributed by atoms with Crippen molar-refractivity contribution in [1.82, 2.24) is 15.1 Å². The van der Waals surface area contributed by atoms with E-state index in [0.29, 0.717) is 0 Å². The van der Waals surface area contributed by atoms with Gasteiger partial charge in [0.25, 0.3) is 0 Å². The molecule has 0 aliphatic carbocycles. The molecule has 3 heterocycles. The summed E-state index contributed by atoms with van der Waals surface area (Å²) in [5.41, 5.74) is 0.680. The maximum atomic E-state index is 13.2. The zero-order valence-electron chi connectivity index (χ0n) is 20.8. The summed E-state index contributed by atoms with van der Waals surface area (Å²) >= 11 is 1.54. The van der Waals surface area contributed by atoms with Crippen LogP contribution in [0.25, 0.3) is 0 Å². The number of β-lactam (4-membered cyclic amide) rings is 1. The molecule has 1 N–H and O–H groups in total. The molecule has 1 aromatic carbocycles. The lowest BCUT2D eigenvalue weighted by Crippen LogP contribution is -2.70. The van der Waals surface area contributed by atoms with Gasteiger partial charge in [-0.15, -0.1) is 35.7 Å². The first kappa shape index (κ1) is 28.2. The van der Waals surface area contributed by atoms with Gasteiger partial charge in [-0.2, -0.15) is 0 Å². The molecule has 4 rings (SSSR count). The van der Waals surface area contributed by atoms with Crippen LogP contribution in [0.5, 0.6) is 0 Å². The Morgan fingerprint density at radius 3 is 2.51 bits per heavy atom. The normalized spacial score (nSPS) is 25.8. The Labute approximate surface area is 228 Å². The van der Waals surface area contributed by atoms with Crippen molar-refractivity contribution in [2.24, 2.45) is 5.41 Å². The van der Waals surface area contributed by atoms with E-state index in [1.165, 1.54) is 0 Å². The second-order valence-electron chi connectivity index (χ2n) is 10.6. The van der Waals surface area contributed by atoms with Crippen molar-refractivity contribution in [1.29, 1.82) is 0 Å². The fourth-order valence-electron chi connectivity index (χ4n) is 4.89. The molecule has 0 spiro atoms. The minimum Gasteiger partial charge on any atom is -0.463 e. The molecular weight excluding hydrogens is 581 g/mol. The van der Waals surface area contributed by atoms with Crippen LogP contribution in [-0.4, -0.2) is 89.2 Å². The van der Waals surface area contributed by atoms with Gasteiger partial charge in [-0.1, -0.05) is 44.2 Å². The van der Waals surface area contributed by atoms with Gasteiger partial charge in [-0.3, -0.25) is 14.5 Å². The minimum atomic E-state index is -0.670. The number of halogens is 1. The van der Waals surface area contributed by atoms with E-state index in [9.17, 15) is 14.4 Å². The van der Waals surface area contributed by atoms with Crippen LogP contribution < -0.4 is 5.32 Å². The Morgan fingerprint density at radius 1 is 1.20 bits per heavy atom. The topological polar surface area (TPSA) is 88.2 Å². The van der Waals surface area contributed by atoms with Crippen molar-refractivity contribution in [3.63, 3.8) is 0 Å². The lowest BCUT2D eigenvalue weighted by Gasteiger charge is -2.44. The zero-order chi connectivity index (χ0) is 24.5. The van der Waals surface area contributed by atoms with E-state index < -0.39 is 16.8 Å². The lowest BCUT2D eigenvalue weighted by atomic mass is 9.93. The van der Waals surface area contributed by atoms with E-state index in [-0.39, 0.29) is 65.6 Å². The quantitative estimate of drug-likeness (QED) is 0.272. The maximum Gasteiger partial charge on any atom is 0.330 e. The summed E-state index contributed by atoms with van der Waals surface area (Å²) in [7, 11) is 0. The number of rotatable bonds is 8. The second-order valence-corrected chi connectivity index (χ2v) is 12.4. The molecule has 194 valence electrons. The number of esters is 1. The Kier molecular flexibility index (Phi) is 9.15. The minimum absolute atomic E-state index is 0. The number of amides is 2. The average molecular weight is 618 g/mol. The number of hydrogen-bond donors (Lipinski definition) is 1. The van der Waals surface area contributed by atoms with Crippen molar-refractivity contribution in [3.05, 3.63) is 35.9 Å². The first-order valence-electron chi connectivity index (χ1n) is 11.9. The molecule has 3 fully saturated rings. The van der Waals surface area contributed by atoms with Crippen LogP contribution in [0.2, 0.25) is 0 Å². The molecule has 35 heavy (non-hydrogen) atoms. The van der Waals surface area contributed by atoms with Crippen molar-refractivity contribution < 1.29 is 23.9 Å². The largest absolute Gasteiger partial charge is 0.463 e. The Morgan fingerprint density at radius 2 is 1.86 bits per heavy atom. The number of nitrogens with one attached hydrogen (secondary N) is 1. The van der Waals surface area contributed by atoms with Crippen LogP contribution in [0.3, 0.4) is 0 Å². The molecule has 3 aliphatic rings. The van der Waals surface area contributed by atoms with Crippen LogP contribution in [0, 0.1) is 5.41 Å². The van der Waals surface area contributed by atoms with E-state index in [4.69, 9.17) is 9.47 Å². The summed E-state index contributed by atoms with van der Waals surface area (Å²) in [6.45, 7) is 12.4. The van der Waals surface area contributed by atoms with Crippen LogP contribution in [0.4, 0.5) is 0 Å². The standard InChI is InChI=1S/C25H35N3O5S.HI/c1-24(2,15-27-10-12-32-13-11-27)16-33-23(31)20-25(3,4)34-22-19(21(30)28(20)22)26-18(29)14-17-8-6-5-7-9-17;/h5-9,19-20,22H,10-16H2,1-4H3,(H,26,29);1H/t19-,20+,22-;/m1./s1. The van der Waals surface area contributed by atoms with E-state index in [2.05, 4.69) is 24.1 Å². The third-order valence-corrected chi connectivity index (χ3v) is 8.12. The summed E-state index contributed by atoms with van der Waals surface area (Å²) in [6.07, 6.45) is 0.217. The number of morpholine rings is 1. The van der Waals surface area contributed by atoms with Gasteiger partial charge >= 0.3 is 5.97 Å². The summed E-state index contributed by atoms with van der Waals surface area (Å²) in [5, 5.41) is 2.60. The predicted octanol–water partition coefficient (Wildman–Crippen LogP) is 2.30. The SMILES string of the molecule is CC(C)(COC(=O)[C@@H]1N2C(=O)[C@@H](NC(=O)Cc3ccccc3)[C@H]2SC1(C)C)CN1CCOCC1.I. The summed E-state index contributed by atoms with van der Waals surface area (Å²) in [4.78, 5) is 42.5. The number of hydrogen-bond acceptors (Lipinski definition) is 7. The average Bonchev–Trinajstić information content (AvgIpc) is 3.05. The van der Waals surface area contributed by atoms with Gasteiger partial charge < -0.3 is 19.7 Å². The number of carbonyl (C=O) groups is 3. The van der Waals surface area contributed by atoms with Crippen LogP contribution in [0.1, 0.15) is 33.3 Å². The van der Waals surface area contributed by atoms with Crippen LogP contribution in [-0.2, 0) is 30.3 Å². The fraction of sp³-hybridized carbons (Fsp3) is 0.640. The third-order valence-electron chi connectivity index (χ3n) is 6.55. The van der Waals surface area contributed by atoms with Gasteiger partial charge in [0.05, 0.1) is 26.2 Å². The molecule has 10 heteroatoms. The summed E-state index contributed by atoms with van der Waals surface area (Å²) < 4.78 is 10.7. The van der Waals surface area contributed by atoms with Crippen molar-refractivity contribution in [2.75, 3.05) is 39.5 Å². The molecule has 8 nitrogen and oxygen atoms in total. The highest BCUT2D eigenvalue weighted by atomic mass is 127. The van der Waals surface area contributed by atoms with Crippen molar-refractivity contribution >= 4 is 53.5 Å². The molecule has 3 saturated heterocycles. The van der Waals surface area contributed by atoms with Crippen LogP contribution >= 0.6 is 35.7 Å². The fourth-order valence-corrected chi connectivity index (χ4v) is 6.51. The molecule has 1 aromatic rings. The Bertz CT molecular complexity index is 923. The molecule has 2 amide bonds. The number of carbonyl (C=O) groups excluding carboxylic acids is 3. The number of fused-ring (bicyclic) bond motifs is 1. The third kappa shape index (κ3) is 6.50. The summed E-state index contributed by atoms with van der Waals surface area (Å²) in [6, 6.07) is 8.14. The van der Waals surface area contributed by atoms with E-state index in [1.807, 2.05) is 44.2 Å². The molecule has 0 saturated carbocycles. The first-order chi connectivity index (χ1) is 16.1. The number of thioether (sulfide) groups is 1. The van der Waals surface area contributed by atoms with Gasteiger partial charge in [0.2, 0.25) is 11.8 Å². The molecule has 0 unspecified atom stereocenters. The van der Waals surface area contributed by atoms with Gasteiger partial charge in [0.1, 0.15) is 17.5 Å². The van der Waals surface area contributed by atoms with E-state index in [1.54, 1.807) is 16.7 Å². The highest BCUT2D eigenvalue weighted by molar-refractivity contribution is 14.0. The van der Waals surface area contributed by atoms with Crippen molar-refractivity contribution in [2.45, 2.75) is 56.3 Å². The van der Waals surface area contributed by atoms with Crippen molar-refractivity contribution in [3.8, 4) is 0 Å². The predicted molar refractivity (Wildman–Crippen MR) is 146 cm³/mol. The van der Waals surface area contributed by atoms with Crippen LogP contribution in [0.15, 0.2) is 30.3 Å². The van der Waals surface area contributed by atoms with E-state index >= 15 is 0 Å². The smallest absolute Gasteiger partial charge is 0.330 e. The molecule has 3 aliphatic heterocycles. The van der Waals surface area contributed by atoms with Gasteiger partial charge in [-0.05, 0) is 19.4 Å². The van der Waals surface area contributed by atoms with Gasteiger partial charge in [0.15, 0.2) is 0 Å². The second kappa shape index (κ2) is 11.4. The maximum absolute atomic E-state index is 13.2. The number of ether oxygens (including phenoxy) is 2. The monoisotopic (exact) mass is 617 g/mol. The zero-order valence-corrected chi connectivity index (χ0v) is 24.0. The highest BCUT2D eigenvalue weighted by Gasteiger charge is 2.64. The number of nitrogens with zero attached hydrogens (tertiary/aromatic N) is 2. The lowest BCUT2D eigenvalue weighted by molar-refractivity contribution is -0.166. The highest BCUT2D eigenvalue weighted by Crippen LogP contribution is 2.51. The van der Waals surface area contributed by atoms with Gasteiger partial charge in [-0.25, -0.2) is 4.79 Å². The molecule has 0 aromatic heterocycles. The summed E-state index contributed by atoms with van der Waals surface area (Å²) in [5.74, 6) is -0.796. The van der Waals surface area contributed by atoms with E-state index in [0.717, 1.165) is 38.4 Å². The number of benzene rings is 1. The molecule has 0 radical (unpaired) electrons. The molecular formula is C25H36IN3O5S. The molecule has 3 atom stereocenters. The first-order valence-corrected chi connectivity index (χ1v) is 12.8. The van der Waals surface area contributed by atoms with Gasteiger partial charge in [0, 0.05) is 29.8 Å².